The van der Waals surface area contributed by atoms with Crippen LogP contribution < -0.4 is 5.32 Å². The molecule has 0 saturated carbocycles. The van der Waals surface area contributed by atoms with Crippen LogP contribution in [-0.4, -0.2) is 29.4 Å². The Kier molecular flexibility index (Phi) is 3.77. The Morgan fingerprint density at radius 3 is 2.78 bits per heavy atom. The van der Waals surface area contributed by atoms with Gasteiger partial charge in [-0.05, 0) is 24.9 Å². The highest BCUT2D eigenvalue weighted by atomic mass is 16.4. The molecular formula is C14H17NO3. The summed E-state index contributed by atoms with van der Waals surface area (Å²) in [5, 5.41) is 12.6. The second-order valence-electron chi connectivity index (χ2n) is 4.87. The van der Waals surface area contributed by atoms with Gasteiger partial charge in [-0.15, -0.1) is 0 Å². The number of aliphatic carboxylic acids is 1. The van der Waals surface area contributed by atoms with Gasteiger partial charge in [-0.25, -0.2) is 0 Å². The number of hydrogen-bond donors (Lipinski definition) is 2. The molecule has 2 N–H and O–H groups in total. The first-order valence-electron chi connectivity index (χ1n) is 6.14. The van der Waals surface area contributed by atoms with Crippen LogP contribution in [0.1, 0.15) is 18.4 Å². The van der Waals surface area contributed by atoms with Crippen molar-refractivity contribution < 1.29 is 14.7 Å². The van der Waals surface area contributed by atoms with Crippen LogP contribution in [0.5, 0.6) is 0 Å². The van der Waals surface area contributed by atoms with E-state index in [-0.39, 0.29) is 5.92 Å². The van der Waals surface area contributed by atoms with Crippen LogP contribution in [0.25, 0.3) is 0 Å². The van der Waals surface area contributed by atoms with Crippen molar-refractivity contribution in [2.45, 2.75) is 24.8 Å². The molecule has 0 amide bonds. The minimum atomic E-state index is -1.01. The summed E-state index contributed by atoms with van der Waals surface area (Å²) < 4.78 is 0. The summed E-state index contributed by atoms with van der Waals surface area (Å²) in [4.78, 5) is 22.5. The molecule has 4 nitrogen and oxygen atoms in total. The molecule has 96 valence electrons. The maximum absolute atomic E-state index is 11.6. The fourth-order valence-electron chi connectivity index (χ4n) is 2.55. The van der Waals surface area contributed by atoms with Crippen LogP contribution >= 0.6 is 0 Å². The Hall–Kier alpha value is -1.68. The molecule has 18 heavy (non-hydrogen) atoms. The molecule has 1 fully saturated rings. The normalized spacial score (nSPS) is 27.7. The summed E-state index contributed by atoms with van der Waals surface area (Å²) in [5.41, 5.74) is -0.0375. The summed E-state index contributed by atoms with van der Waals surface area (Å²) in [6, 6.07) is 9.52. The first kappa shape index (κ1) is 12.8. The van der Waals surface area contributed by atoms with Crippen LogP contribution in [0.15, 0.2) is 30.3 Å². The Morgan fingerprint density at radius 1 is 1.44 bits per heavy atom. The standard InChI is InChI=1S/C14H17NO3/c16-10-12-6-7-15-14(9-12,13(17)18)8-11-4-2-1-3-5-11/h1-5,10,12,15H,6-9H2,(H,17,18). The van der Waals surface area contributed by atoms with E-state index in [4.69, 9.17) is 0 Å². The number of rotatable bonds is 4. The fraction of sp³-hybridized carbons (Fsp3) is 0.429. The van der Waals surface area contributed by atoms with Crippen molar-refractivity contribution in [2.75, 3.05) is 6.54 Å². The summed E-state index contributed by atoms with van der Waals surface area (Å²) in [7, 11) is 0. The number of carbonyl (C=O) groups is 2. The highest BCUT2D eigenvalue weighted by Crippen LogP contribution is 2.27. The third kappa shape index (κ3) is 2.59. The minimum Gasteiger partial charge on any atom is -0.480 e. The van der Waals surface area contributed by atoms with E-state index in [1.165, 1.54) is 0 Å². The van der Waals surface area contributed by atoms with Crippen molar-refractivity contribution in [3.8, 4) is 0 Å². The topological polar surface area (TPSA) is 66.4 Å². The van der Waals surface area contributed by atoms with Gasteiger partial charge < -0.3 is 15.2 Å². The van der Waals surface area contributed by atoms with Gasteiger partial charge in [-0.2, -0.15) is 0 Å². The van der Waals surface area contributed by atoms with Crippen molar-refractivity contribution in [1.29, 1.82) is 0 Å². The number of carbonyl (C=O) groups excluding carboxylic acids is 1. The summed E-state index contributed by atoms with van der Waals surface area (Å²) in [6.45, 7) is 0.572. The van der Waals surface area contributed by atoms with Crippen LogP contribution in [0.3, 0.4) is 0 Å². The Balaban J connectivity index is 2.21. The highest BCUT2D eigenvalue weighted by molar-refractivity contribution is 5.80. The molecule has 1 saturated heterocycles. The number of carboxylic acids is 1. The predicted molar refractivity (Wildman–Crippen MR) is 67.3 cm³/mol. The van der Waals surface area contributed by atoms with Crippen molar-refractivity contribution in [3.63, 3.8) is 0 Å². The van der Waals surface area contributed by atoms with Gasteiger partial charge in [0.15, 0.2) is 0 Å². The van der Waals surface area contributed by atoms with Crippen molar-refractivity contribution in [3.05, 3.63) is 35.9 Å². The van der Waals surface area contributed by atoms with Crippen LogP contribution in [0.4, 0.5) is 0 Å². The molecular weight excluding hydrogens is 230 g/mol. The zero-order chi connectivity index (χ0) is 13.0. The molecule has 1 aromatic carbocycles. The van der Waals surface area contributed by atoms with Crippen LogP contribution in [0, 0.1) is 5.92 Å². The molecule has 1 aromatic rings. The number of hydrogen-bond acceptors (Lipinski definition) is 3. The third-order valence-corrected chi connectivity index (χ3v) is 3.54. The first-order valence-corrected chi connectivity index (χ1v) is 6.14. The van der Waals surface area contributed by atoms with E-state index in [1.807, 2.05) is 30.3 Å². The van der Waals surface area contributed by atoms with E-state index in [0.29, 0.717) is 25.8 Å². The van der Waals surface area contributed by atoms with Crippen molar-refractivity contribution in [2.24, 2.45) is 5.92 Å². The van der Waals surface area contributed by atoms with Gasteiger partial charge in [-0.1, -0.05) is 30.3 Å². The first-order chi connectivity index (χ1) is 8.66. The van der Waals surface area contributed by atoms with Gasteiger partial charge in [0.2, 0.25) is 0 Å². The van der Waals surface area contributed by atoms with Crippen molar-refractivity contribution in [1.82, 2.24) is 5.32 Å². The Bertz CT molecular complexity index is 432. The lowest BCUT2D eigenvalue weighted by Gasteiger charge is -2.37. The Labute approximate surface area is 106 Å². The minimum absolute atomic E-state index is 0.161. The highest BCUT2D eigenvalue weighted by Gasteiger charge is 2.42. The molecule has 0 aromatic heterocycles. The summed E-state index contributed by atoms with van der Waals surface area (Å²) in [6.07, 6.45) is 2.37. The lowest BCUT2D eigenvalue weighted by Crippen LogP contribution is -2.58. The number of benzene rings is 1. The maximum atomic E-state index is 11.6. The van der Waals surface area contributed by atoms with E-state index in [0.717, 1.165) is 11.8 Å². The number of nitrogens with one attached hydrogen (secondary N) is 1. The summed E-state index contributed by atoms with van der Waals surface area (Å²) in [5.74, 6) is -1.04. The molecule has 1 heterocycles. The van der Waals surface area contributed by atoms with Crippen LogP contribution in [-0.2, 0) is 16.0 Å². The fourth-order valence-corrected chi connectivity index (χ4v) is 2.55. The lowest BCUT2D eigenvalue weighted by molar-refractivity contribution is -0.146. The zero-order valence-electron chi connectivity index (χ0n) is 10.1. The van der Waals surface area contributed by atoms with Gasteiger partial charge in [0, 0.05) is 12.3 Å². The third-order valence-electron chi connectivity index (χ3n) is 3.54. The predicted octanol–water partition coefficient (Wildman–Crippen LogP) is 1.25. The van der Waals surface area contributed by atoms with E-state index in [2.05, 4.69) is 5.32 Å². The van der Waals surface area contributed by atoms with E-state index < -0.39 is 11.5 Å². The van der Waals surface area contributed by atoms with Gasteiger partial charge >= 0.3 is 5.97 Å². The van der Waals surface area contributed by atoms with Gasteiger partial charge in [0.25, 0.3) is 0 Å². The maximum Gasteiger partial charge on any atom is 0.324 e. The molecule has 2 rings (SSSR count). The molecule has 0 aliphatic carbocycles. The number of carboxylic acid groups (broad SMARTS) is 1. The largest absolute Gasteiger partial charge is 0.480 e. The second-order valence-corrected chi connectivity index (χ2v) is 4.87. The number of aldehydes is 1. The molecule has 1 aliphatic heterocycles. The molecule has 0 bridgehead atoms. The van der Waals surface area contributed by atoms with Gasteiger partial charge in [-0.3, -0.25) is 4.79 Å². The van der Waals surface area contributed by atoms with E-state index >= 15 is 0 Å². The monoisotopic (exact) mass is 247 g/mol. The van der Waals surface area contributed by atoms with E-state index in [1.54, 1.807) is 0 Å². The lowest BCUT2D eigenvalue weighted by atomic mass is 9.78. The number of piperidine rings is 1. The molecule has 2 atom stereocenters. The second kappa shape index (κ2) is 5.31. The van der Waals surface area contributed by atoms with E-state index in [9.17, 15) is 14.7 Å². The summed E-state index contributed by atoms with van der Waals surface area (Å²) >= 11 is 0. The zero-order valence-corrected chi connectivity index (χ0v) is 10.1. The SMILES string of the molecule is O=CC1CCNC(Cc2ccccc2)(C(=O)O)C1. The molecule has 0 spiro atoms. The smallest absolute Gasteiger partial charge is 0.324 e. The van der Waals surface area contributed by atoms with Gasteiger partial charge in [0.05, 0.1) is 0 Å². The van der Waals surface area contributed by atoms with Crippen LogP contribution in [0.2, 0.25) is 0 Å². The molecule has 1 aliphatic rings. The average molecular weight is 247 g/mol. The molecule has 4 heteroatoms. The quantitative estimate of drug-likeness (QED) is 0.786. The molecule has 0 radical (unpaired) electrons. The average Bonchev–Trinajstić information content (AvgIpc) is 2.40. The Morgan fingerprint density at radius 2 is 2.17 bits per heavy atom. The van der Waals surface area contributed by atoms with Crippen molar-refractivity contribution >= 4 is 12.3 Å². The van der Waals surface area contributed by atoms with Gasteiger partial charge in [0.1, 0.15) is 11.8 Å². The molecule has 2 unspecified atom stereocenters.